The van der Waals surface area contributed by atoms with Crippen LogP contribution in [-0.2, 0) is 11.2 Å². The summed E-state index contributed by atoms with van der Waals surface area (Å²) in [4.78, 5) is 34.4. The molecule has 1 aromatic heterocycles. The van der Waals surface area contributed by atoms with Crippen LogP contribution in [0, 0.1) is 19.8 Å². The molecule has 2 aromatic rings. The van der Waals surface area contributed by atoms with Crippen LogP contribution in [-0.4, -0.2) is 35.3 Å². The molecule has 158 valence electrons. The minimum absolute atomic E-state index is 0.0221. The zero-order valence-electron chi connectivity index (χ0n) is 17.6. The minimum atomic E-state index is -0.246. The number of amides is 2. The zero-order chi connectivity index (χ0) is 21.3. The van der Waals surface area contributed by atoms with Gasteiger partial charge in [0, 0.05) is 18.3 Å². The second-order valence-corrected chi connectivity index (χ2v) is 8.97. The summed E-state index contributed by atoms with van der Waals surface area (Å²) in [5, 5.41) is 7.20. The van der Waals surface area contributed by atoms with Gasteiger partial charge < -0.3 is 5.32 Å². The van der Waals surface area contributed by atoms with E-state index in [0.717, 1.165) is 41.0 Å². The number of aromatic nitrogens is 1. The first-order valence-corrected chi connectivity index (χ1v) is 10.9. The molecule has 3 aliphatic heterocycles. The smallest absolute Gasteiger partial charge is 0.293 e. The number of hydrazone groups is 1. The lowest BCUT2D eigenvalue weighted by molar-refractivity contribution is -0.110. The van der Waals surface area contributed by atoms with Gasteiger partial charge in [0.2, 0.25) is 5.84 Å². The van der Waals surface area contributed by atoms with Crippen molar-refractivity contribution in [3.8, 4) is 0 Å². The number of pyridine rings is 1. The van der Waals surface area contributed by atoms with Gasteiger partial charge in [-0.3, -0.25) is 24.8 Å². The van der Waals surface area contributed by atoms with Crippen molar-refractivity contribution in [3.63, 3.8) is 0 Å². The molecule has 1 aromatic carbocycles. The third-order valence-corrected chi connectivity index (χ3v) is 6.58. The number of amidine groups is 1. The highest BCUT2D eigenvalue weighted by atomic mass is 16.2. The highest BCUT2D eigenvalue weighted by molar-refractivity contribution is 6.49. The second-order valence-electron chi connectivity index (χ2n) is 8.97. The summed E-state index contributed by atoms with van der Waals surface area (Å²) in [6, 6.07) is 5.89. The first-order valence-electron chi connectivity index (χ1n) is 10.9. The van der Waals surface area contributed by atoms with Crippen LogP contribution in [0.25, 0.3) is 0 Å². The molecule has 8 nitrogen and oxygen atoms in total. The lowest BCUT2D eigenvalue weighted by atomic mass is 10.0. The van der Waals surface area contributed by atoms with E-state index in [1.165, 1.54) is 12.8 Å². The van der Waals surface area contributed by atoms with E-state index >= 15 is 0 Å². The summed E-state index contributed by atoms with van der Waals surface area (Å²) in [6.45, 7) is 4.57. The van der Waals surface area contributed by atoms with Gasteiger partial charge in [-0.2, -0.15) is 5.10 Å². The number of anilines is 3. The Labute approximate surface area is 180 Å². The third kappa shape index (κ3) is 2.89. The maximum atomic E-state index is 13.5. The van der Waals surface area contributed by atoms with Crippen molar-refractivity contribution in [2.45, 2.75) is 45.7 Å². The average Bonchev–Trinajstić information content (AvgIpc) is 3.30. The summed E-state index contributed by atoms with van der Waals surface area (Å²) in [6.07, 6.45) is 6.00. The van der Waals surface area contributed by atoms with Crippen LogP contribution in [0.15, 0.2) is 29.5 Å². The van der Waals surface area contributed by atoms with Crippen LogP contribution in [0.5, 0.6) is 0 Å². The van der Waals surface area contributed by atoms with Gasteiger partial charge in [-0.05, 0) is 61.4 Å². The summed E-state index contributed by atoms with van der Waals surface area (Å²) >= 11 is 0. The van der Waals surface area contributed by atoms with Crippen molar-refractivity contribution in [1.82, 2.24) is 10.4 Å². The molecule has 8 heteroatoms. The Balaban J connectivity index is 1.36. The second kappa shape index (κ2) is 6.54. The van der Waals surface area contributed by atoms with Gasteiger partial charge >= 0.3 is 0 Å². The normalized spacial score (nSPS) is 21.2. The summed E-state index contributed by atoms with van der Waals surface area (Å²) < 4.78 is 0. The Morgan fingerprint density at radius 2 is 2.06 bits per heavy atom. The molecule has 0 radical (unpaired) electrons. The van der Waals surface area contributed by atoms with E-state index in [-0.39, 0.29) is 18.0 Å². The molecule has 1 fully saturated rings. The minimum Gasteiger partial charge on any atom is -0.317 e. The molecule has 4 heterocycles. The van der Waals surface area contributed by atoms with Crippen molar-refractivity contribution in [2.24, 2.45) is 11.0 Å². The Kier molecular flexibility index (Phi) is 3.87. The molecular formula is C23H24N6O2. The van der Waals surface area contributed by atoms with Crippen LogP contribution in [0.4, 0.5) is 17.2 Å². The molecule has 6 rings (SSSR count). The van der Waals surface area contributed by atoms with Gasteiger partial charge in [-0.15, -0.1) is 0 Å². The molecule has 0 saturated heterocycles. The largest absolute Gasteiger partial charge is 0.317 e. The Morgan fingerprint density at radius 1 is 1.23 bits per heavy atom. The molecule has 1 atom stereocenters. The van der Waals surface area contributed by atoms with Gasteiger partial charge in [-0.25, -0.2) is 4.98 Å². The highest BCUT2D eigenvalue weighted by Crippen LogP contribution is 2.41. The average molecular weight is 416 g/mol. The summed E-state index contributed by atoms with van der Waals surface area (Å²) in [5.74, 6) is 1.49. The Bertz CT molecular complexity index is 1170. The van der Waals surface area contributed by atoms with E-state index in [2.05, 4.69) is 26.9 Å². The lowest BCUT2D eigenvalue weighted by Gasteiger charge is -2.33. The van der Waals surface area contributed by atoms with Crippen molar-refractivity contribution < 1.29 is 9.59 Å². The van der Waals surface area contributed by atoms with E-state index in [0.29, 0.717) is 29.5 Å². The van der Waals surface area contributed by atoms with Crippen molar-refractivity contribution >= 4 is 34.8 Å². The lowest BCUT2D eigenvalue weighted by Crippen LogP contribution is -2.48. The summed E-state index contributed by atoms with van der Waals surface area (Å²) in [7, 11) is 0. The van der Waals surface area contributed by atoms with Crippen molar-refractivity contribution in [2.75, 3.05) is 21.7 Å². The number of aryl methyl sites for hydroxylation is 2. The van der Waals surface area contributed by atoms with Crippen molar-refractivity contribution in [3.05, 3.63) is 46.6 Å². The van der Waals surface area contributed by atoms with Crippen LogP contribution in [0.2, 0.25) is 0 Å². The van der Waals surface area contributed by atoms with E-state index in [9.17, 15) is 9.59 Å². The number of rotatable bonds is 3. The zero-order valence-corrected chi connectivity index (χ0v) is 17.6. The number of nitrogens with one attached hydrogen (secondary N) is 2. The Hall–Kier alpha value is -3.42. The van der Waals surface area contributed by atoms with Crippen LogP contribution in [0.3, 0.4) is 0 Å². The number of hydrogen-bond acceptors (Lipinski definition) is 6. The first-order chi connectivity index (χ1) is 15.0. The van der Waals surface area contributed by atoms with E-state index in [1.54, 1.807) is 17.2 Å². The fraction of sp³-hybridized carbons (Fsp3) is 0.391. The molecule has 1 unspecified atom stereocenters. The molecule has 4 aliphatic rings. The van der Waals surface area contributed by atoms with E-state index < -0.39 is 0 Å². The first kappa shape index (κ1) is 18.4. The number of benzene rings is 1. The van der Waals surface area contributed by atoms with E-state index in [1.807, 2.05) is 24.8 Å². The molecular weight excluding hydrogens is 392 g/mol. The molecule has 1 saturated carbocycles. The van der Waals surface area contributed by atoms with Crippen LogP contribution < -0.4 is 20.5 Å². The van der Waals surface area contributed by atoms with Crippen molar-refractivity contribution in [1.29, 1.82) is 0 Å². The molecule has 0 spiro atoms. The Morgan fingerprint density at radius 3 is 2.87 bits per heavy atom. The molecule has 1 aliphatic carbocycles. The van der Waals surface area contributed by atoms with E-state index in [4.69, 9.17) is 0 Å². The predicted octanol–water partition coefficient (Wildman–Crippen LogP) is 2.70. The monoisotopic (exact) mass is 416 g/mol. The number of hydrogen-bond donors (Lipinski definition) is 2. The van der Waals surface area contributed by atoms with Gasteiger partial charge in [0.15, 0.2) is 0 Å². The summed E-state index contributed by atoms with van der Waals surface area (Å²) in [5.41, 5.74) is 8.32. The number of carbonyl (C=O) groups is 2. The maximum absolute atomic E-state index is 13.5. The van der Waals surface area contributed by atoms with Gasteiger partial charge in [-0.1, -0.05) is 18.9 Å². The molecule has 2 N–H and O–H groups in total. The third-order valence-electron chi connectivity index (χ3n) is 6.58. The SMILES string of the molecule is Cc1cnc2c(c1)CCN2C(=O)c1cc2c(cc1C)N1C(=NNC1CC1CC1)C(=O)N2. The predicted molar refractivity (Wildman–Crippen MR) is 118 cm³/mol. The quantitative estimate of drug-likeness (QED) is 0.803. The maximum Gasteiger partial charge on any atom is 0.293 e. The highest BCUT2D eigenvalue weighted by Gasteiger charge is 2.41. The molecule has 2 amide bonds. The number of fused-ring (bicyclic) bond motifs is 4. The molecule has 31 heavy (non-hydrogen) atoms. The number of carbonyl (C=O) groups excluding carboxylic acids is 2. The topological polar surface area (TPSA) is 89.9 Å². The van der Waals surface area contributed by atoms with Crippen LogP contribution >= 0.6 is 0 Å². The number of nitrogens with zero attached hydrogens (tertiary/aromatic N) is 4. The standard InChI is InChI=1S/C23H24N6O2/c1-12-7-15-5-6-28(20(15)24-11-12)23(31)16-10-17-18(8-13(16)2)29-19(9-14-3-4-14)26-27-21(29)22(30)25-17/h7-8,10-11,14,19,26H,3-6,9H2,1-2H3,(H,25,30). The van der Waals surface area contributed by atoms with Gasteiger partial charge in [0.1, 0.15) is 12.0 Å². The van der Waals surface area contributed by atoms with Gasteiger partial charge in [0.05, 0.1) is 11.4 Å². The molecule has 0 bridgehead atoms. The van der Waals surface area contributed by atoms with Gasteiger partial charge in [0.25, 0.3) is 11.8 Å². The van der Waals surface area contributed by atoms with Crippen LogP contribution in [0.1, 0.15) is 46.3 Å². The fourth-order valence-electron chi connectivity index (χ4n) is 4.80. The fourth-order valence-corrected chi connectivity index (χ4v) is 4.80.